The van der Waals surface area contributed by atoms with Gasteiger partial charge in [-0.3, -0.25) is 0 Å². The Balaban J connectivity index is 1.76. The Bertz CT molecular complexity index is 721. The number of hydrogen-bond donors (Lipinski definition) is 0. The van der Waals surface area contributed by atoms with Crippen LogP contribution in [0.3, 0.4) is 0 Å². The Labute approximate surface area is 122 Å². The minimum absolute atomic E-state index is 0.242. The first kappa shape index (κ1) is 13.1. The van der Waals surface area contributed by atoms with Gasteiger partial charge in [-0.1, -0.05) is 60.7 Å². The molecule has 21 heavy (non-hydrogen) atoms. The second-order valence-electron chi connectivity index (χ2n) is 4.56. The van der Waals surface area contributed by atoms with Crippen molar-refractivity contribution in [1.29, 1.82) is 0 Å². The van der Waals surface area contributed by atoms with E-state index in [1.807, 2.05) is 60.7 Å². The quantitative estimate of drug-likeness (QED) is 0.733. The van der Waals surface area contributed by atoms with Gasteiger partial charge in [0.05, 0.1) is 11.9 Å². The average molecular weight is 278 g/mol. The van der Waals surface area contributed by atoms with Crippen molar-refractivity contribution in [3.8, 4) is 11.3 Å². The zero-order valence-electron chi connectivity index (χ0n) is 11.3. The summed E-state index contributed by atoms with van der Waals surface area (Å²) in [5.41, 5.74) is 2.59. The van der Waals surface area contributed by atoms with Crippen LogP contribution in [0.4, 0.5) is 4.79 Å². The summed E-state index contributed by atoms with van der Waals surface area (Å²) in [6.07, 6.45) is 2.68. The predicted molar refractivity (Wildman–Crippen MR) is 79.7 cm³/mol. The normalized spacial score (nSPS) is 10.3. The van der Waals surface area contributed by atoms with Gasteiger partial charge in [0.25, 0.3) is 0 Å². The van der Waals surface area contributed by atoms with E-state index in [0.29, 0.717) is 5.69 Å². The smallest absolute Gasteiger partial charge is 0.420 e. The second kappa shape index (κ2) is 6.05. The van der Waals surface area contributed by atoms with E-state index in [-0.39, 0.29) is 6.61 Å². The Hall–Kier alpha value is -2.88. The van der Waals surface area contributed by atoms with Crippen LogP contribution < -0.4 is 0 Å². The van der Waals surface area contributed by atoms with Crippen molar-refractivity contribution < 1.29 is 9.53 Å². The molecule has 4 heteroatoms. The van der Waals surface area contributed by atoms with E-state index in [1.165, 1.54) is 10.9 Å². The van der Waals surface area contributed by atoms with Gasteiger partial charge >= 0.3 is 6.09 Å². The van der Waals surface area contributed by atoms with Crippen LogP contribution in [0.25, 0.3) is 11.3 Å². The van der Waals surface area contributed by atoms with Crippen molar-refractivity contribution in [3.05, 3.63) is 78.8 Å². The first-order chi connectivity index (χ1) is 10.3. The summed E-state index contributed by atoms with van der Waals surface area (Å²) in [5.74, 6) is 0. The molecule has 4 nitrogen and oxygen atoms in total. The summed E-state index contributed by atoms with van der Waals surface area (Å²) in [5, 5.41) is 0. The maximum Gasteiger partial charge on any atom is 0.420 e. The van der Waals surface area contributed by atoms with E-state index < -0.39 is 6.09 Å². The average Bonchev–Trinajstić information content (AvgIpc) is 3.04. The highest BCUT2D eigenvalue weighted by Crippen LogP contribution is 2.18. The molecule has 1 heterocycles. The number of aromatic nitrogens is 2. The number of carbonyl (C=O) groups excluding carboxylic acids is 1. The highest BCUT2D eigenvalue weighted by Gasteiger charge is 2.12. The molecular weight excluding hydrogens is 264 g/mol. The number of rotatable bonds is 3. The number of nitrogens with zero attached hydrogens (tertiary/aromatic N) is 2. The highest BCUT2D eigenvalue weighted by molar-refractivity contribution is 5.77. The third kappa shape index (κ3) is 3.00. The van der Waals surface area contributed by atoms with Gasteiger partial charge in [0.15, 0.2) is 0 Å². The molecule has 0 amide bonds. The summed E-state index contributed by atoms with van der Waals surface area (Å²) in [6.45, 7) is 0.242. The second-order valence-corrected chi connectivity index (χ2v) is 4.56. The monoisotopic (exact) mass is 278 g/mol. The standard InChI is InChI=1S/C17H14N2O2/c20-17(21-12-14-7-3-1-4-8-14)19-13-18-11-16(19)15-9-5-2-6-10-15/h1-11,13H,12H2. The molecule has 2 aromatic carbocycles. The Morgan fingerprint density at radius 2 is 1.67 bits per heavy atom. The van der Waals surface area contributed by atoms with Crippen LogP contribution in [0.5, 0.6) is 0 Å². The molecule has 0 saturated carbocycles. The maximum atomic E-state index is 12.2. The van der Waals surface area contributed by atoms with Crippen molar-refractivity contribution in [2.75, 3.05) is 0 Å². The molecule has 1 aromatic heterocycles. The fraction of sp³-hybridized carbons (Fsp3) is 0.0588. The molecule has 3 aromatic rings. The molecule has 0 fully saturated rings. The first-order valence-corrected chi connectivity index (χ1v) is 6.63. The maximum absolute atomic E-state index is 12.2. The number of imidazole rings is 1. The SMILES string of the molecule is O=C(OCc1ccccc1)n1cncc1-c1ccccc1. The van der Waals surface area contributed by atoms with Gasteiger partial charge in [0.2, 0.25) is 0 Å². The summed E-state index contributed by atoms with van der Waals surface area (Å²) in [6, 6.07) is 19.2. The molecule has 0 aliphatic heterocycles. The zero-order valence-corrected chi connectivity index (χ0v) is 11.3. The minimum Gasteiger partial charge on any atom is -0.444 e. The molecule has 0 saturated heterocycles. The van der Waals surface area contributed by atoms with E-state index in [2.05, 4.69) is 4.98 Å². The lowest BCUT2D eigenvalue weighted by Gasteiger charge is -2.08. The molecule has 0 spiro atoms. The van der Waals surface area contributed by atoms with Crippen LogP contribution in [-0.4, -0.2) is 15.6 Å². The van der Waals surface area contributed by atoms with Crippen LogP contribution in [0, 0.1) is 0 Å². The molecule has 0 aliphatic carbocycles. The zero-order chi connectivity index (χ0) is 14.5. The van der Waals surface area contributed by atoms with Gasteiger partial charge in [-0.25, -0.2) is 14.3 Å². The van der Waals surface area contributed by atoms with Crippen LogP contribution in [0.1, 0.15) is 5.56 Å². The van der Waals surface area contributed by atoms with E-state index in [0.717, 1.165) is 11.1 Å². The van der Waals surface area contributed by atoms with Crippen LogP contribution >= 0.6 is 0 Å². The van der Waals surface area contributed by atoms with Crippen molar-refractivity contribution in [1.82, 2.24) is 9.55 Å². The molecule has 0 bridgehead atoms. The molecule has 0 atom stereocenters. The first-order valence-electron chi connectivity index (χ1n) is 6.63. The van der Waals surface area contributed by atoms with E-state index in [1.54, 1.807) is 6.20 Å². The molecule has 0 unspecified atom stereocenters. The number of benzene rings is 2. The fourth-order valence-corrected chi connectivity index (χ4v) is 2.05. The Kier molecular flexibility index (Phi) is 3.78. The van der Waals surface area contributed by atoms with Crippen molar-refractivity contribution in [3.63, 3.8) is 0 Å². The van der Waals surface area contributed by atoms with E-state index >= 15 is 0 Å². The van der Waals surface area contributed by atoms with Crippen molar-refractivity contribution in [2.24, 2.45) is 0 Å². The van der Waals surface area contributed by atoms with Gasteiger partial charge in [0.1, 0.15) is 12.9 Å². The molecule has 0 radical (unpaired) electrons. The molecule has 0 N–H and O–H groups in total. The lowest BCUT2D eigenvalue weighted by atomic mass is 10.2. The largest absolute Gasteiger partial charge is 0.444 e. The van der Waals surface area contributed by atoms with Crippen molar-refractivity contribution >= 4 is 6.09 Å². The summed E-state index contributed by atoms with van der Waals surface area (Å²) >= 11 is 0. The summed E-state index contributed by atoms with van der Waals surface area (Å²) < 4.78 is 6.73. The lowest BCUT2D eigenvalue weighted by Crippen LogP contribution is -2.13. The molecular formula is C17H14N2O2. The predicted octanol–water partition coefficient (Wildman–Crippen LogP) is 3.74. The lowest BCUT2D eigenvalue weighted by molar-refractivity contribution is 0.141. The van der Waals surface area contributed by atoms with Crippen molar-refractivity contribution in [2.45, 2.75) is 6.61 Å². The van der Waals surface area contributed by atoms with Crippen LogP contribution in [0.2, 0.25) is 0 Å². The van der Waals surface area contributed by atoms with E-state index in [4.69, 9.17) is 4.74 Å². The number of ether oxygens (including phenoxy) is 1. The molecule has 104 valence electrons. The highest BCUT2D eigenvalue weighted by atomic mass is 16.5. The molecule has 3 rings (SSSR count). The van der Waals surface area contributed by atoms with Crippen LogP contribution in [0.15, 0.2) is 73.2 Å². The molecule has 0 aliphatic rings. The Morgan fingerprint density at radius 3 is 2.38 bits per heavy atom. The van der Waals surface area contributed by atoms with Gasteiger partial charge in [-0.05, 0) is 5.56 Å². The van der Waals surface area contributed by atoms with Crippen LogP contribution in [-0.2, 0) is 11.3 Å². The van der Waals surface area contributed by atoms with Gasteiger partial charge in [-0.2, -0.15) is 0 Å². The van der Waals surface area contributed by atoms with Gasteiger partial charge in [0, 0.05) is 5.56 Å². The van der Waals surface area contributed by atoms with E-state index in [9.17, 15) is 4.79 Å². The third-order valence-electron chi connectivity index (χ3n) is 3.11. The third-order valence-corrected chi connectivity index (χ3v) is 3.11. The topological polar surface area (TPSA) is 44.1 Å². The summed E-state index contributed by atoms with van der Waals surface area (Å²) in [4.78, 5) is 16.2. The number of hydrogen-bond acceptors (Lipinski definition) is 3. The summed E-state index contributed by atoms with van der Waals surface area (Å²) in [7, 11) is 0. The minimum atomic E-state index is -0.435. The van der Waals surface area contributed by atoms with Gasteiger partial charge < -0.3 is 4.74 Å². The Morgan fingerprint density at radius 1 is 1.00 bits per heavy atom. The van der Waals surface area contributed by atoms with Gasteiger partial charge in [-0.15, -0.1) is 0 Å². The fourth-order valence-electron chi connectivity index (χ4n) is 2.05. The number of carbonyl (C=O) groups is 1.